The van der Waals surface area contributed by atoms with Crippen LogP contribution in [0.4, 0.5) is 0 Å². The summed E-state index contributed by atoms with van der Waals surface area (Å²) in [5.41, 5.74) is 6.04. The highest BCUT2D eigenvalue weighted by Crippen LogP contribution is 2.21. The first-order valence-electron chi connectivity index (χ1n) is 15.3. The van der Waals surface area contributed by atoms with Gasteiger partial charge >= 0.3 is 5.97 Å². The van der Waals surface area contributed by atoms with Crippen molar-refractivity contribution < 1.29 is 43.8 Å². The van der Waals surface area contributed by atoms with Gasteiger partial charge in [0, 0.05) is 19.9 Å². The summed E-state index contributed by atoms with van der Waals surface area (Å²) in [5.74, 6) is -6.32. The van der Waals surface area contributed by atoms with Crippen molar-refractivity contribution in [2.75, 3.05) is 6.54 Å². The number of carboxylic acids is 1. The number of aromatic hydroxyl groups is 1. The highest BCUT2D eigenvalue weighted by Gasteiger charge is 2.40. The molecule has 1 aliphatic heterocycles. The number of nitrogens with one attached hydrogen (secondary N) is 4. The molecule has 0 saturated carbocycles. The van der Waals surface area contributed by atoms with E-state index in [4.69, 9.17) is 5.73 Å². The van der Waals surface area contributed by atoms with Crippen LogP contribution in [-0.4, -0.2) is 93.3 Å². The van der Waals surface area contributed by atoms with Crippen LogP contribution in [0.15, 0.2) is 24.3 Å². The number of amides is 6. The summed E-state index contributed by atoms with van der Waals surface area (Å²) < 4.78 is 0. The molecule has 1 aromatic rings. The molecule has 8 N–H and O–H groups in total. The molecule has 0 aliphatic carbocycles. The summed E-state index contributed by atoms with van der Waals surface area (Å²) in [6, 6.07) is 0.343. The quantitative estimate of drug-likeness (QED) is 0.123. The number of nitrogens with two attached hydrogens (primary N) is 1. The van der Waals surface area contributed by atoms with E-state index < -0.39 is 89.9 Å². The number of rotatable bonds is 16. The maximum absolute atomic E-state index is 13.7. The zero-order chi connectivity index (χ0) is 34.7. The monoisotopic (exact) mass is 646 g/mol. The van der Waals surface area contributed by atoms with Crippen LogP contribution in [0.2, 0.25) is 0 Å². The average Bonchev–Trinajstić information content (AvgIpc) is 3.47. The normalized spacial score (nSPS) is 17.6. The van der Waals surface area contributed by atoms with Crippen molar-refractivity contribution in [3.05, 3.63) is 29.8 Å². The minimum Gasteiger partial charge on any atom is -0.508 e. The molecular weight excluding hydrogens is 600 g/mol. The SMILES string of the molecule is CC[C@H](C)[C@H](NC(=O)[C@@H]1CCCN1C(=O)[C@H](Cc1ccc(O)cc1)NC(C)=O)C(=O)N[C@@H](CC(=O)O)C(=O)N[C@H](C(N)=O)C(C)C. The van der Waals surface area contributed by atoms with Gasteiger partial charge in [-0.1, -0.05) is 46.2 Å². The summed E-state index contributed by atoms with van der Waals surface area (Å²) >= 11 is 0. The summed E-state index contributed by atoms with van der Waals surface area (Å²) in [4.78, 5) is 90.4. The van der Waals surface area contributed by atoms with E-state index in [1.54, 1.807) is 39.8 Å². The molecule has 15 heteroatoms. The van der Waals surface area contributed by atoms with E-state index in [0.717, 1.165) is 0 Å². The first kappa shape index (κ1) is 37.5. The standard InChI is InChI=1S/C31H46N6O9/c1-6-17(4)26(30(45)34-21(15-24(40)41)28(43)35-25(16(2)3)27(32)42)36-29(44)23-8-7-13-37(23)31(46)22(33-18(5)38)14-19-9-11-20(39)12-10-19/h9-12,16-17,21-23,25-26,39H,6-8,13-15H2,1-5H3,(H2,32,42)(H,33,38)(H,34,45)(H,35,43)(H,36,44)(H,40,41)/t17-,21-,22-,23-,25-,26-/m0/s1. The molecule has 15 nitrogen and oxygen atoms in total. The fraction of sp³-hybridized carbons (Fsp3) is 0.581. The number of phenolic OH excluding ortho intramolecular Hbond substituents is 1. The van der Waals surface area contributed by atoms with Gasteiger partial charge in [0.15, 0.2) is 0 Å². The Bertz CT molecular complexity index is 1290. The number of carbonyl (C=O) groups is 7. The van der Waals surface area contributed by atoms with Gasteiger partial charge in [-0.3, -0.25) is 33.6 Å². The molecule has 1 aliphatic rings. The van der Waals surface area contributed by atoms with Crippen molar-refractivity contribution in [1.29, 1.82) is 0 Å². The van der Waals surface area contributed by atoms with Crippen molar-refractivity contribution in [3.8, 4) is 5.75 Å². The molecule has 1 aromatic carbocycles. The number of likely N-dealkylation sites (tertiary alicyclic amines) is 1. The molecule has 1 heterocycles. The Labute approximate surface area is 268 Å². The molecule has 0 aromatic heterocycles. The molecule has 1 saturated heterocycles. The van der Waals surface area contributed by atoms with E-state index in [-0.39, 0.29) is 18.7 Å². The largest absolute Gasteiger partial charge is 0.508 e. The third-order valence-corrected chi connectivity index (χ3v) is 7.97. The Hall–Kier alpha value is -4.69. The topological polar surface area (TPSA) is 237 Å². The summed E-state index contributed by atoms with van der Waals surface area (Å²) in [7, 11) is 0. The maximum atomic E-state index is 13.7. The van der Waals surface area contributed by atoms with Gasteiger partial charge in [0.25, 0.3) is 0 Å². The molecule has 0 radical (unpaired) electrons. The van der Waals surface area contributed by atoms with Crippen LogP contribution < -0.4 is 27.0 Å². The van der Waals surface area contributed by atoms with Gasteiger partial charge in [-0.15, -0.1) is 0 Å². The number of hydrogen-bond donors (Lipinski definition) is 7. The fourth-order valence-corrected chi connectivity index (χ4v) is 5.23. The number of carbonyl (C=O) groups excluding carboxylic acids is 6. The summed E-state index contributed by atoms with van der Waals surface area (Å²) in [6.45, 7) is 8.26. The number of primary amides is 1. The molecule has 2 rings (SSSR count). The van der Waals surface area contributed by atoms with Crippen molar-refractivity contribution in [2.24, 2.45) is 17.6 Å². The number of hydrogen-bond acceptors (Lipinski definition) is 8. The van der Waals surface area contributed by atoms with E-state index in [0.29, 0.717) is 24.8 Å². The van der Waals surface area contributed by atoms with Crippen LogP contribution in [0.1, 0.15) is 65.9 Å². The molecule has 0 unspecified atom stereocenters. The number of phenols is 1. The molecule has 6 amide bonds. The van der Waals surface area contributed by atoms with Crippen molar-refractivity contribution in [2.45, 2.75) is 96.9 Å². The van der Waals surface area contributed by atoms with Gasteiger partial charge in [0.2, 0.25) is 35.4 Å². The number of aliphatic carboxylic acids is 1. The predicted molar refractivity (Wildman–Crippen MR) is 166 cm³/mol. The van der Waals surface area contributed by atoms with Crippen LogP contribution in [0.3, 0.4) is 0 Å². The molecule has 46 heavy (non-hydrogen) atoms. The van der Waals surface area contributed by atoms with Crippen LogP contribution in [0.25, 0.3) is 0 Å². The lowest BCUT2D eigenvalue weighted by molar-refractivity contribution is -0.143. The van der Waals surface area contributed by atoms with Gasteiger partial charge in [-0.25, -0.2) is 0 Å². The van der Waals surface area contributed by atoms with Crippen LogP contribution in [-0.2, 0) is 40.0 Å². The molecule has 254 valence electrons. The Morgan fingerprint density at radius 3 is 2.07 bits per heavy atom. The van der Waals surface area contributed by atoms with Crippen molar-refractivity contribution >= 4 is 41.4 Å². The second-order valence-electron chi connectivity index (χ2n) is 12.0. The predicted octanol–water partition coefficient (Wildman–Crippen LogP) is -0.453. The van der Waals surface area contributed by atoms with Gasteiger partial charge in [-0.05, 0) is 42.4 Å². The Balaban J connectivity index is 2.25. The lowest BCUT2D eigenvalue weighted by atomic mass is 9.96. The van der Waals surface area contributed by atoms with Crippen LogP contribution in [0, 0.1) is 11.8 Å². The second kappa shape index (κ2) is 17.1. The molecular formula is C31H46N6O9. The van der Waals surface area contributed by atoms with E-state index in [9.17, 15) is 43.8 Å². The summed E-state index contributed by atoms with van der Waals surface area (Å²) in [6.07, 6.45) is 0.538. The molecule has 1 fully saturated rings. The zero-order valence-corrected chi connectivity index (χ0v) is 26.9. The first-order valence-corrected chi connectivity index (χ1v) is 15.3. The first-order chi connectivity index (χ1) is 21.5. The maximum Gasteiger partial charge on any atom is 0.305 e. The van der Waals surface area contributed by atoms with E-state index >= 15 is 0 Å². The van der Waals surface area contributed by atoms with Crippen molar-refractivity contribution in [1.82, 2.24) is 26.2 Å². The van der Waals surface area contributed by atoms with Crippen molar-refractivity contribution in [3.63, 3.8) is 0 Å². The Kier molecular flexibility index (Phi) is 14.0. The lowest BCUT2D eigenvalue weighted by Gasteiger charge is -2.31. The van der Waals surface area contributed by atoms with E-state index in [1.165, 1.54) is 24.0 Å². The summed E-state index contributed by atoms with van der Waals surface area (Å²) in [5, 5.41) is 29.1. The van der Waals surface area contributed by atoms with E-state index in [2.05, 4.69) is 21.3 Å². The third kappa shape index (κ3) is 10.7. The molecule has 0 bridgehead atoms. The van der Waals surface area contributed by atoms with E-state index in [1.807, 2.05) is 0 Å². The number of carboxylic acid groups (broad SMARTS) is 1. The highest BCUT2D eigenvalue weighted by molar-refractivity contribution is 5.97. The minimum atomic E-state index is -1.57. The third-order valence-electron chi connectivity index (χ3n) is 7.97. The Morgan fingerprint density at radius 2 is 1.54 bits per heavy atom. The average molecular weight is 647 g/mol. The zero-order valence-electron chi connectivity index (χ0n) is 26.9. The van der Waals surface area contributed by atoms with Crippen LogP contribution in [0.5, 0.6) is 5.75 Å². The second-order valence-corrected chi connectivity index (χ2v) is 12.0. The fourth-order valence-electron chi connectivity index (χ4n) is 5.23. The number of nitrogens with zero attached hydrogens (tertiary/aromatic N) is 1. The molecule has 6 atom stereocenters. The smallest absolute Gasteiger partial charge is 0.305 e. The highest BCUT2D eigenvalue weighted by atomic mass is 16.4. The van der Waals surface area contributed by atoms with Crippen LogP contribution >= 0.6 is 0 Å². The van der Waals surface area contributed by atoms with Gasteiger partial charge < -0.3 is 42.1 Å². The lowest BCUT2D eigenvalue weighted by Crippen LogP contribution is -2.60. The van der Waals surface area contributed by atoms with Gasteiger partial charge in [0.05, 0.1) is 6.42 Å². The van der Waals surface area contributed by atoms with Gasteiger partial charge in [-0.2, -0.15) is 0 Å². The number of benzene rings is 1. The van der Waals surface area contributed by atoms with Gasteiger partial charge in [0.1, 0.15) is 36.0 Å². The Morgan fingerprint density at radius 1 is 0.913 bits per heavy atom. The minimum absolute atomic E-state index is 0.0441. The molecule has 0 spiro atoms.